The fourth-order valence-corrected chi connectivity index (χ4v) is 4.14. The molecular formula is C18H19NO6. The summed E-state index contributed by atoms with van der Waals surface area (Å²) in [7, 11) is 0. The van der Waals surface area contributed by atoms with E-state index in [4.69, 9.17) is 0 Å². The number of carbonyl (C=O) groups excluding carboxylic acids is 2. The van der Waals surface area contributed by atoms with Gasteiger partial charge in [0.15, 0.2) is 5.54 Å². The predicted octanol–water partition coefficient (Wildman–Crippen LogP) is 2.00. The van der Waals surface area contributed by atoms with Gasteiger partial charge in [-0.15, -0.1) is 0 Å². The lowest BCUT2D eigenvalue weighted by Gasteiger charge is -2.43. The van der Waals surface area contributed by atoms with Crippen LogP contribution in [0.25, 0.3) is 0 Å². The number of rotatable bonds is 3. The molecule has 0 radical (unpaired) electrons. The second kappa shape index (κ2) is 5.68. The number of hydrogen-bond acceptors (Lipinski definition) is 4. The molecule has 0 saturated heterocycles. The SMILES string of the molecule is Cc1ccc(C)c2c1C(=O)N(C1(C(=O)O)CCCCC1C(=O)O)C2=O. The Morgan fingerprint density at radius 3 is 2.00 bits per heavy atom. The summed E-state index contributed by atoms with van der Waals surface area (Å²) in [6, 6.07) is 3.40. The number of imide groups is 1. The van der Waals surface area contributed by atoms with E-state index in [1.807, 2.05) is 0 Å². The molecule has 3 rings (SSSR count). The van der Waals surface area contributed by atoms with Crippen LogP contribution in [0.1, 0.15) is 57.5 Å². The van der Waals surface area contributed by atoms with Crippen molar-refractivity contribution in [1.82, 2.24) is 4.90 Å². The highest BCUT2D eigenvalue weighted by Crippen LogP contribution is 2.44. The van der Waals surface area contributed by atoms with Crippen LogP contribution in [0.4, 0.5) is 0 Å². The number of carboxylic acid groups (broad SMARTS) is 2. The molecule has 1 aromatic rings. The molecule has 2 unspecified atom stereocenters. The normalized spacial score (nSPS) is 25.8. The second-order valence-electron chi connectivity index (χ2n) is 6.76. The zero-order chi connectivity index (χ0) is 18.5. The van der Waals surface area contributed by atoms with Crippen molar-refractivity contribution in [3.8, 4) is 0 Å². The van der Waals surface area contributed by atoms with Gasteiger partial charge in [0, 0.05) is 0 Å². The largest absolute Gasteiger partial charge is 0.481 e. The van der Waals surface area contributed by atoms with E-state index in [0.717, 1.165) is 0 Å². The van der Waals surface area contributed by atoms with E-state index in [1.165, 1.54) is 0 Å². The minimum absolute atomic E-state index is 0.0527. The molecule has 0 aromatic heterocycles. The van der Waals surface area contributed by atoms with Crippen LogP contribution in [-0.2, 0) is 9.59 Å². The number of amides is 2. The first-order valence-corrected chi connectivity index (χ1v) is 8.18. The molecule has 2 atom stereocenters. The maximum absolute atomic E-state index is 13.0. The van der Waals surface area contributed by atoms with Crippen molar-refractivity contribution < 1.29 is 29.4 Å². The van der Waals surface area contributed by atoms with E-state index in [1.54, 1.807) is 26.0 Å². The summed E-state index contributed by atoms with van der Waals surface area (Å²) in [5.74, 6) is -5.48. The monoisotopic (exact) mass is 345 g/mol. The van der Waals surface area contributed by atoms with E-state index in [9.17, 15) is 29.4 Å². The Balaban J connectivity index is 2.23. The van der Waals surface area contributed by atoms with Crippen LogP contribution in [0.5, 0.6) is 0 Å². The minimum Gasteiger partial charge on any atom is -0.481 e. The lowest BCUT2D eigenvalue weighted by atomic mass is 9.71. The Morgan fingerprint density at radius 2 is 1.56 bits per heavy atom. The smallest absolute Gasteiger partial charge is 0.331 e. The summed E-state index contributed by atoms with van der Waals surface area (Å²) in [5, 5.41) is 19.5. The van der Waals surface area contributed by atoms with E-state index < -0.39 is 35.2 Å². The molecule has 1 aliphatic heterocycles. The molecule has 1 saturated carbocycles. The Hall–Kier alpha value is -2.70. The van der Waals surface area contributed by atoms with Crippen molar-refractivity contribution in [2.45, 2.75) is 45.1 Å². The number of fused-ring (bicyclic) bond motifs is 1. The van der Waals surface area contributed by atoms with Gasteiger partial charge in [-0.25, -0.2) is 4.79 Å². The standard InChI is InChI=1S/C18H19NO6/c1-9-6-7-10(2)13-12(9)14(20)19(15(13)21)18(17(24)25)8-4-3-5-11(18)16(22)23/h6-7,11H,3-5,8H2,1-2H3,(H,22,23)(H,24,25). The summed E-state index contributed by atoms with van der Waals surface area (Å²) >= 11 is 0. The Kier molecular flexibility index (Phi) is 3.89. The Labute approximate surface area is 144 Å². The predicted molar refractivity (Wildman–Crippen MR) is 86.4 cm³/mol. The van der Waals surface area contributed by atoms with Crippen LogP contribution >= 0.6 is 0 Å². The number of carbonyl (C=O) groups is 4. The topological polar surface area (TPSA) is 112 Å². The maximum Gasteiger partial charge on any atom is 0.331 e. The number of benzene rings is 1. The van der Waals surface area contributed by atoms with Crippen LogP contribution in [0.15, 0.2) is 12.1 Å². The van der Waals surface area contributed by atoms with E-state index in [-0.39, 0.29) is 24.0 Å². The average molecular weight is 345 g/mol. The molecule has 0 spiro atoms. The molecule has 1 aliphatic carbocycles. The number of hydrogen-bond donors (Lipinski definition) is 2. The van der Waals surface area contributed by atoms with Gasteiger partial charge in [0.05, 0.1) is 17.0 Å². The summed E-state index contributed by atoms with van der Waals surface area (Å²) in [5.41, 5.74) is -0.536. The van der Waals surface area contributed by atoms with Crippen molar-refractivity contribution in [1.29, 1.82) is 0 Å². The molecule has 1 fully saturated rings. The molecular weight excluding hydrogens is 326 g/mol. The molecule has 2 N–H and O–H groups in total. The molecule has 132 valence electrons. The number of aliphatic carboxylic acids is 2. The number of nitrogens with zero attached hydrogens (tertiary/aromatic N) is 1. The van der Waals surface area contributed by atoms with Gasteiger partial charge >= 0.3 is 11.9 Å². The summed E-state index contributed by atoms with van der Waals surface area (Å²) in [6.45, 7) is 3.35. The highest BCUT2D eigenvalue weighted by molar-refractivity contribution is 6.24. The van der Waals surface area contributed by atoms with Crippen LogP contribution < -0.4 is 0 Å². The molecule has 1 heterocycles. The van der Waals surface area contributed by atoms with E-state index >= 15 is 0 Å². The van der Waals surface area contributed by atoms with Crippen molar-refractivity contribution in [2.75, 3.05) is 0 Å². The quantitative estimate of drug-likeness (QED) is 0.810. The average Bonchev–Trinajstić information content (AvgIpc) is 2.83. The molecule has 7 heteroatoms. The van der Waals surface area contributed by atoms with Crippen LogP contribution in [0.2, 0.25) is 0 Å². The van der Waals surface area contributed by atoms with Gasteiger partial charge in [-0.3, -0.25) is 19.3 Å². The zero-order valence-electron chi connectivity index (χ0n) is 14.0. The van der Waals surface area contributed by atoms with Crippen molar-refractivity contribution in [3.63, 3.8) is 0 Å². The fourth-order valence-electron chi connectivity index (χ4n) is 4.14. The van der Waals surface area contributed by atoms with Gasteiger partial charge in [0.1, 0.15) is 0 Å². The highest BCUT2D eigenvalue weighted by Gasteiger charge is 2.61. The molecule has 2 aliphatic rings. The zero-order valence-corrected chi connectivity index (χ0v) is 14.0. The highest BCUT2D eigenvalue weighted by atomic mass is 16.4. The molecule has 2 amide bonds. The lowest BCUT2D eigenvalue weighted by molar-refractivity contribution is -0.164. The second-order valence-corrected chi connectivity index (χ2v) is 6.76. The molecule has 0 bridgehead atoms. The van der Waals surface area contributed by atoms with Crippen molar-refractivity contribution in [3.05, 3.63) is 34.4 Å². The fraction of sp³-hybridized carbons (Fsp3) is 0.444. The van der Waals surface area contributed by atoms with Gasteiger partial charge in [0.2, 0.25) is 0 Å². The van der Waals surface area contributed by atoms with Crippen molar-refractivity contribution >= 4 is 23.8 Å². The van der Waals surface area contributed by atoms with Gasteiger partial charge in [-0.05, 0) is 37.8 Å². The summed E-state index contributed by atoms with van der Waals surface area (Å²) in [4.78, 5) is 50.6. The third-order valence-corrected chi connectivity index (χ3v) is 5.40. The third kappa shape index (κ3) is 2.18. The van der Waals surface area contributed by atoms with Crippen LogP contribution in [0, 0.1) is 19.8 Å². The molecule has 7 nitrogen and oxygen atoms in total. The first-order chi connectivity index (χ1) is 11.7. The van der Waals surface area contributed by atoms with Gasteiger partial charge in [0.25, 0.3) is 11.8 Å². The number of carboxylic acids is 2. The lowest BCUT2D eigenvalue weighted by Crippen LogP contribution is -2.64. The van der Waals surface area contributed by atoms with Gasteiger partial charge in [-0.1, -0.05) is 25.0 Å². The van der Waals surface area contributed by atoms with Crippen LogP contribution in [0.3, 0.4) is 0 Å². The van der Waals surface area contributed by atoms with Gasteiger partial charge in [-0.2, -0.15) is 0 Å². The Bertz CT molecular complexity index is 773. The van der Waals surface area contributed by atoms with Gasteiger partial charge < -0.3 is 10.2 Å². The third-order valence-electron chi connectivity index (χ3n) is 5.40. The van der Waals surface area contributed by atoms with Crippen LogP contribution in [-0.4, -0.2) is 44.4 Å². The minimum atomic E-state index is -2.05. The first-order valence-electron chi connectivity index (χ1n) is 8.18. The van der Waals surface area contributed by atoms with E-state index in [2.05, 4.69) is 0 Å². The maximum atomic E-state index is 13.0. The van der Waals surface area contributed by atoms with E-state index in [0.29, 0.717) is 28.9 Å². The first kappa shape index (κ1) is 17.1. The summed E-state index contributed by atoms with van der Waals surface area (Å²) in [6.07, 6.45) is 1.06. The Morgan fingerprint density at radius 1 is 1.04 bits per heavy atom. The van der Waals surface area contributed by atoms with Crippen molar-refractivity contribution in [2.24, 2.45) is 5.92 Å². The molecule has 25 heavy (non-hydrogen) atoms. The summed E-state index contributed by atoms with van der Waals surface area (Å²) < 4.78 is 0. The molecule has 1 aromatic carbocycles. The number of aryl methyl sites for hydroxylation is 2.